The smallest absolute Gasteiger partial charge is 0.267 e. The lowest BCUT2D eigenvalue weighted by molar-refractivity contribution is 0.0954. The lowest BCUT2D eigenvalue weighted by Crippen LogP contribution is -2.29. The Bertz CT molecular complexity index is 323. The summed E-state index contributed by atoms with van der Waals surface area (Å²) < 4.78 is 0. The van der Waals surface area contributed by atoms with Crippen molar-refractivity contribution < 1.29 is 9.59 Å². The van der Waals surface area contributed by atoms with Gasteiger partial charge in [-0.3, -0.25) is 15.0 Å². The molecule has 0 bridgehead atoms. The number of carbonyl (C=O) groups excluding carboxylic acids is 2. The van der Waals surface area contributed by atoms with Gasteiger partial charge in [0.2, 0.25) is 6.29 Å². The number of carbonyl (C=O) groups is 1. The van der Waals surface area contributed by atoms with E-state index in [0.29, 0.717) is 0 Å². The van der Waals surface area contributed by atoms with Crippen molar-refractivity contribution in [2.45, 2.75) is 0 Å². The van der Waals surface area contributed by atoms with Crippen molar-refractivity contribution in [2.24, 2.45) is 5.84 Å². The van der Waals surface area contributed by atoms with Gasteiger partial charge in [-0.25, -0.2) is 5.84 Å². The predicted molar refractivity (Wildman–Crippen MR) is 45.8 cm³/mol. The van der Waals surface area contributed by atoms with Gasteiger partial charge in [0.15, 0.2) is 0 Å². The third kappa shape index (κ3) is 1.47. The minimum atomic E-state index is -0.516. The van der Waals surface area contributed by atoms with Crippen molar-refractivity contribution in [3.05, 3.63) is 20.8 Å². The molecule has 6 heteroatoms. The van der Waals surface area contributed by atoms with Crippen molar-refractivity contribution in [1.29, 1.82) is 0 Å². The maximum absolute atomic E-state index is 10.9. The Morgan fingerprint density at radius 1 is 1.75 bits per heavy atom. The number of halogens is 1. The monoisotopic (exact) mass is 203 g/mol. The lowest BCUT2D eigenvalue weighted by Gasteiger charge is -1.94. The molecule has 0 aliphatic rings. The van der Waals surface area contributed by atoms with Crippen molar-refractivity contribution in [3.8, 4) is 0 Å². The molecule has 1 aromatic rings. The second kappa shape index (κ2) is 3.66. The molecule has 1 rings (SSSR count). The summed E-state index contributed by atoms with van der Waals surface area (Å²) in [6.07, 6.45) is 1.61. The summed E-state index contributed by atoms with van der Waals surface area (Å²) in [6.45, 7) is 0. The highest BCUT2D eigenvalue weighted by atomic mass is 35.5. The van der Waals surface area contributed by atoms with Crippen LogP contribution in [0, 0.1) is 0 Å². The number of nitrogens with one attached hydrogen (secondary N) is 1. The van der Waals surface area contributed by atoms with Crippen LogP contribution in [0.25, 0.3) is 0 Å². The summed E-state index contributed by atoms with van der Waals surface area (Å²) >= 11 is 6.68. The summed E-state index contributed by atoms with van der Waals surface area (Å²) in [5.41, 5.74) is 2.11. The van der Waals surface area contributed by atoms with E-state index in [2.05, 4.69) is 0 Å². The Labute approximate surface area is 77.3 Å². The lowest BCUT2D eigenvalue weighted by atomic mass is 10.3. The number of nitrogen functional groups attached to an aromatic ring is 1. The molecule has 0 fully saturated rings. The highest BCUT2D eigenvalue weighted by Gasteiger charge is 2.14. The number of nitrogens with two attached hydrogens (primary N) is 1. The van der Waals surface area contributed by atoms with Crippen LogP contribution in [0.1, 0.15) is 15.2 Å². The zero-order valence-electron chi connectivity index (χ0n) is 5.76. The van der Waals surface area contributed by atoms with Crippen LogP contribution in [0.15, 0.2) is 5.38 Å². The average molecular weight is 204 g/mol. The van der Waals surface area contributed by atoms with Crippen LogP contribution in [-0.4, -0.2) is 12.2 Å². The van der Waals surface area contributed by atoms with E-state index in [1.54, 1.807) is 6.29 Å². The Hall–Kier alpha value is -0.910. The van der Waals surface area contributed by atoms with Gasteiger partial charge in [0.05, 0.1) is 15.5 Å². The molecular formula is C6H4ClN2O2S. The molecule has 0 aliphatic heterocycles. The summed E-state index contributed by atoms with van der Waals surface area (Å²) in [6, 6.07) is 0. The Morgan fingerprint density at radius 2 is 2.42 bits per heavy atom. The predicted octanol–water partition coefficient (Wildman–Crippen LogP) is 0.463. The number of hydrazine groups is 1. The highest BCUT2D eigenvalue weighted by molar-refractivity contribution is 7.12. The fourth-order valence-electron chi connectivity index (χ4n) is 0.643. The van der Waals surface area contributed by atoms with Gasteiger partial charge in [0.25, 0.3) is 5.91 Å². The van der Waals surface area contributed by atoms with Gasteiger partial charge in [-0.15, -0.1) is 11.3 Å². The van der Waals surface area contributed by atoms with Crippen LogP contribution in [0.4, 0.5) is 0 Å². The molecular weight excluding hydrogens is 200 g/mol. The molecule has 1 amide bonds. The molecule has 3 N–H and O–H groups in total. The average Bonchev–Trinajstić information content (AvgIpc) is 2.45. The summed E-state index contributed by atoms with van der Waals surface area (Å²) in [7, 11) is 0. The van der Waals surface area contributed by atoms with Gasteiger partial charge in [0, 0.05) is 5.38 Å². The molecule has 0 atom stereocenters. The van der Waals surface area contributed by atoms with E-state index in [9.17, 15) is 9.59 Å². The zero-order valence-corrected chi connectivity index (χ0v) is 7.33. The summed E-state index contributed by atoms with van der Waals surface area (Å²) in [5, 5.41) is 1.54. The quantitative estimate of drug-likeness (QED) is 0.417. The number of amides is 1. The van der Waals surface area contributed by atoms with E-state index in [-0.39, 0.29) is 15.5 Å². The second-order valence-electron chi connectivity index (χ2n) is 1.87. The minimum Gasteiger partial charge on any atom is -0.290 e. The number of hydrogen-bond donors (Lipinski definition) is 2. The summed E-state index contributed by atoms with van der Waals surface area (Å²) in [4.78, 5) is 21.3. The number of rotatable bonds is 2. The molecule has 1 aromatic heterocycles. The van der Waals surface area contributed by atoms with Crippen molar-refractivity contribution >= 4 is 35.1 Å². The maximum atomic E-state index is 10.9. The third-order valence-corrected chi connectivity index (χ3v) is 2.58. The first-order valence-corrected chi connectivity index (χ1v) is 4.12. The molecule has 0 aromatic carbocycles. The third-order valence-electron chi connectivity index (χ3n) is 1.20. The first-order valence-electron chi connectivity index (χ1n) is 2.86. The van der Waals surface area contributed by atoms with Gasteiger partial charge in [-0.05, 0) is 0 Å². The van der Waals surface area contributed by atoms with E-state index in [4.69, 9.17) is 17.4 Å². The highest BCUT2D eigenvalue weighted by Crippen LogP contribution is 2.25. The van der Waals surface area contributed by atoms with E-state index >= 15 is 0 Å². The van der Waals surface area contributed by atoms with Crippen LogP contribution in [-0.2, 0) is 4.79 Å². The molecule has 63 valence electrons. The Kier molecular flexibility index (Phi) is 2.80. The first-order chi connectivity index (χ1) is 5.70. The fraction of sp³-hybridized carbons (Fsp3) is 0. The molecule has 0 aliphatic carbocycles. The van der Waals surface area contributed by atoms with E-state index in [1.165, 1.54) is 5.38 Å². The molecule has 1 heterocycles. The molecule has 0 spiro atoms. The second-order valence-corrected chi connectivity index (χ2v) is 3.13. The van der Waals surface area contributed by atoms with Crippen LogP contribution >= 0.6 is 22.9 Å². The van der Waals surface area contributed by atoms with Crippen LogP contribution in [0.5, 0.6) is 0 Å². The SMILES string of the molecule is NNC(=O)c1csc([C]=O)c1Cl. The fourth-order valence-corrected chi connectivity index (χ4v) is 1.74. The molecule has 0 unspecified atom stereocenters. The number of thiophene rings is 1. The number of hydrogen-bond acceptors (Lipinski definition) is 4. The standard InChI is InChI=1S/C6H4ClN2O2S/c7-5-3(6(11)9-8)2-12-4(5)1-10/h2H,8H2,(H,9,11). The van der Waals surface area contributed by atoms with Crippen LogP contribution < -0.4 is 11.3 Å². The van der Waals surface area contributed by atoms with E-state index in [1.807, 2.05) is 5.43 Å². The van der Waals surface area contributed by atoms with Gasteiger partial charge in [-0.1, -0.05) is 11.6 Å². The zero-order chi connectivity index (χ0) is 9.14. The molecule has 1 radical (unpaired) electrons. The van der Waals surface area contributed by atoms with Crippen LogP contribution in [0.2, 0.25) is 5.02 Å². The Balaban J connectivity index is 3.10. The van der Waals surface area contributed by atoms with E-state index in [0.717, 1.165) is 11.3 Å². The Morgan fingerprint density at radius 3 is 2.83 bits per heavy atom. The maximum Gasteiger partial charge on any atom is 0.267 e. The van der Waals surface area contributed by atoms with Gasteiger partial charge in [0.1, 0.15) is 0 Å². The molecule has 4 nitrogen and oxygen atoms in total. The largest absolute Gasteiger partial charge is 0.290 e. The van der Waals surface area contributed by atoms with E-state index < -0.39 is 5.91 Å². The first kappa shape index (κ1) is 9.18. The molecule has 0 saturated heterocycles. The van der Waals surface area contributed by atoms with Gasteiger partial charge in [-0.2, -0.15) is 0 Å². The van der Waals surface area contributed by atoms with Gasteiger partial charge < -0.3 is 0 Å². The molecule has 12 heavy (non-hydrogen) atoms. The van der Waals surface area contributed by atoms with Crippen molar-refractivity contribution in [2.75, 3.05) is 0 Å². The minimum absolute atomic E-state index is 0.0953. The van der Waals surface area contributed by atoms with Crippen molar-refractivity contribution in [3.63, 3.8) is 0 Å². The normalized spacial score (nSPS) is 9.50. The van der Waals surface area contributed by atoms with Crippen LogP contribution in [0.3, 0.4) is 0 Å². The van der Waals surface area contributed by atoms with Crippen molar-refractivity contribution in [1.82, 2.24) is 5.43 Å². The molecule has 0 saturated carbocycles. The topological polar surface area (TPSA) is 72.2 Å². The summed E-state index contributed by atoms with van der Waals surface area (Å²) in [5.74, 6) is 4.36. The van der Waals surface area contributed by atoms with Gasteiger partial charge >= 0.3 is 0 Å².